The maximum absolute atomic E-state index is 13.2. The molecule has 1 fully saturated rings. The SMILES string of the molecule is Cc1cccc(COc2ccc(/C(O)=C3\C(=O)C(=O)N(CCCn4ccnc4)[C@H]3c3ccc(O)cc3)cc2)c1. The number of Topliss-reactive ketones (excluding diaryl/α,β-unsaturated/α-hetero) is 1. The van der Waals surface area contributed by atoms with E-state index in [0.717, 1.165) is 11.1 Å². The van der Waals surface area contributed by atoms with E-state index in [1.165, 1.54) is 17.0 Å². The molecular weight excluding hydrogens is 494 g/mol. The Morgan fingerprint density at radius 3 is 2.46 bits per heavy atom. The molecule has 1 amide bonds. The molecule has 0 spiro atoms. The lowest BCUT2D eigenvalue weighted by molar-refractivity contribution is -0.139. The number of nitrogens with zero attached hydrogens (tertiary/aromatic N) is 3. The first-order valence-corrected chi connectivity index (χ1v) is 12.7. The van der Waals surface area contributed by atoms with Crippen LogP contribution in [0, 0.1) is 6.92 Å². The van der Waals surface area contributed by atoms with Crippen molar-refractivity contribution in [2.45, 2.75) is 32.5 Å². The third-order valence-electron chi connectivity index (χ3n) is 6.74. The lowest BCUT2D eigenvalue weighted by atomic mass is 9.95. The summed E-state index contributed by atoms with van der Waals surface area (Å²) in [5.41, 5.74) is 3.23. The molecule has 8 heteroatoms. The van der Waals surface area contributed by atoms with Crippen molar-refractivity contribution in [3.05, 3.63) is 119 Å². The van der Waals surface area contributed by atoms with Crippen molar-refractivity contribution in [3.8, 4) is 11.5 Å². The number of aliphatic hydroxyl groups is 1. The molecule has 0 bridgehead atoms. The smallest absolute Gasteiger partial charge is 0.295 e. The third-order valence-corrected chi connectivity index (χ3v) is 6.74. The molecule has 198 valence electrons. The predicted molar refractivity (Wildman–Crippen MR) is 146 cm³/mol. The van der Waals surface area contributed by atoms with Crippen molar-refractivity contribution >= 4 is 17.4 Å². The Labute approximate surface area is 226 Å². The van der Waals surface area contributed by atoms with Gasteiger partial charge in [0, 0.05) is 31.0 Å². The second-order valence-corrected chi connectivity index (χ2v) is 9.54. The van der Waals surface area contributed by atoms with Gasteiger partial charge in [0.2, 0.25) is 0 Å². The van der Waals surface area contributed by atoms with Gasteiger partial charge in [-0.3, -0.25) is 9.59 Å². The number of imidazole rings is 1. The Balaban J connectivity index is 1.41. The minimum Gasteiger partial charge on any atom is -0.508 e. The summed E-state index contributed by atoms with van der Waals surface area (Å²) in [6, 6.07) is 20.4. The average molecular weight is 524 g/mol. The number of hydrogen-bond acceptors (Lipinski definition) is 6. The summed E-state index contributed by atoms with van der Waals surface area (Å²) >= 11 is 0. The van der Waals surface area contributed by atoms with Crippen molar-refractivity contribution in [2.75, 3.05) is 6.54 Å². The zero-order chi connectivity index (χ0) is 27.4. The first-order chi connectivity index (χ1) is 18.9. The van der Waals surface area contributed by atoms with Crippen LogP contribution in [0.3, 0.4) is 0 Å². The van der Waals surface area contributed by atoms with Gasteiger partial charge in [0.1, 0.15) is 23.9 Å². The molecule has 39 heavy (non-hydrogen) atoms. The van der Waals surface area contributed by atoms with Crippen molar-refractivity contribution in [1.82, 2.24) is 14.5 Å². The maximum atomic E-state index is 13.2. The Morgan fingerprint density at radius 1 is 1.00 bits per heavy atom. The fourth-order valence-electron chi connectivity index (χ4n) is 4.79. The van der Waals surface area contributed by atoms with Gasteiger partial charge in [-0.15, -0.1) is 0 Å². The topological polar surface area (TPSA) is 105 Å². The van der Waals surface area contributed by atoms with Crippen LogP contribution >= 0.6 is 0 Å². The van der Waals surface area contributed by atoms with E-state index in [4.69, 9.17) is 4.74 Å². The van der Waals surface area contributed by atoms with Crippen LogP contribution in [0.5, 0.6) is 11.5 Å². The van der Waals surface area contributed by atoms with Gasteiger partial charge in [-0.2, -0.15) is 0 Å². The molecule has 1 saturated heterocycles. The molecule has 5 rings (SSSR count). The maximum Gasteiger partial charge on any atom is 0.295 e. The van der Waals surface area contributed by atoms with E-state index in [2.05, 4.69) is 11.1 Å². The highest BCUT2D eigenvalue weighted by Gasteiger charge is 2.45. The number of ether oxygens (including phenoxy) is 1. The van der Waals surface area contributed by atoms with E-state index in [0.29, 0.717) is 43.0 Å². The number of ketones is 1. The molecule has 1 atom stereocenters. The fourth-order valence-corrected chi connectivity index (χ4v) is 4.79. The van der Waals surface area contributed by atoms with Gasteiger partial charge in [-0.05, 0) is 60.9 Å². The molecule has 4 aromatic rings. The minimum atomic E-state index is -0.786. The molecule has 3 aromatic carbocycles. The molecule has 2 heterocycles. The number of aromatic nitrogens is 2. The highest BCUT2D eigenvalue weighted by molar-refractivity contribution is 6.46. The van der Waals surface area contributed by atoms with E-state index < -0.39 is 17.7 Å². The number of phenolic OH excluding ortho intramolecular Hbond substituents is 1. The second-order valence-electron chi connectivity index (χ2n) is 9.54. The number of carbonyl (C=O) groups is 2. The number of aliphatic hydroxyl groups excluding tert-OH is 1. The van der Waals surface area contributed by atoms with Gasteiger partial charge >= 0.3 is 0 Å². The molecular formula is C31H29N3O5. The summed E-state index contributed by atoms with van der Waals surface area (Å²) < 4.78 is 7.78. The number of hydrogen-bond donors (Lipinski definition) is 2. The Hall–Kier alpha value is -4.85. The number of rotatable bonds is 9. The standard InChI is InChI=1S/C31H29N3O5/c1-21-4-2-5-22(18-21)19-39-26-12-8-24(9-13-26)29(36)27-28(23-6-10-25(35)11-7-23)34(31(38)30(27)37)16-3-15-33-17-14-32-20-33/h2,4-14,17-18,20,28,35-36H,3,15-16,19H2,1H3/b29-27+/t28-/m0/s1. The number of carbonyl (C=O) groups excluding carboxylic acids is 2. The zero-order valence-electron chi connectivity index (χ0n) is 21.5. The van der Waals surface area contributed by atoms with Gasteiger partial charge in [0.15, 0.2) is 0 Å². The highest BCUT2D eigenvalue weighted by atomic mass is 16.5. The van der Waals surface area contributed by atoms with Crippen LogP contribution in [0.15, 0.2) is 97.1 Å². The summed E-state index contributed by atoms with van der Waals surface area (Å²) in [5.74, 6) is -0.986. The van der Waals surface area contributed by atoms with Crippen molar-refractivity contribution < 1.29 is 24.5 Å². The molecule has 1 aliphatic heterocycles. The molecule has 0 aliphatic carbocycles. The third kappa shape index (κ3) is 5.70. The number of amides is 1. The van der Waals surface area contributed by atoms with Crippen molar-refractivity contribution in [1.29, 1.82) is 0 Å². The fraction of sp³-hybridized carbons (Fsp3) is 0.194. The normalized spacial score (nSPS) is 16.5. The summed E-state index contributed by atoms with van der Waals surface area (Å²) in [4.78, 5) is 31.9. The van der Waals surface area contributed by atoms with Crippen LogP contribution in [0.2, 0.25) is 0 Å². The quantitative estimate of drug-likeness (QED) is 0.182. The molecule has 0 saturated carbocycles. The Kier molecular flexibility index (Phi) is 7.45. The van der Waals surface area contributed by atoms with Crippen molar-refractivity contribution in [2.24, 2.45) is 0 Å². The molecule has 1 aromatic heterocycles. The number of aryl methyl sites for hydroxylation is 2. The summed E-state index contributed by atoms with van der Waals surface area (Å²) in [7, 11) is 0. The van der Waals surface area contributed by atoms with Crippen LogP contribution in [0.4, 0.5) is 0 Å². The summed E-state index contributed by atoms with van der Waals surface area (Å²) in [5, 5.41) is 21.1. The number of phenols is 1. The van der Waals surface area contributed by atoms with Gasteiger partial charge < -0.3 is 24.4 Å². The van der Waals surface area contributed by atoms with Crippen molar-refractivity contribution in [3.63, 3.8) is 0 Å². The van der Waals surface area contributed by atoms with Gasteiger partial charge in [-0.1, -0.05) is 42.0 Å². The number of aromatic hydroxyl groups is 1. The Bertz CT molecular complexity index is 1490. The first-order valence-electron chi connectivity index (χ1n) is 12.7. The largest absolute Gasteiger partial charge is 0.508 e. The molecule has 1 aliphatic rings. The Morgan fingerprint density at radius 2 is 1.77 bits per heavy atom. The zero-order valence-corrected chi connectivity index (χ0v) is 21.5. The van der Waals surface area contributed by atoms with Gasteiger partial charge in [0.25, 0.3) is 11.7 Å². The molecule has 8 nitrogen and oxygen atoms in total. The number of likely N-dealkylation sites (tertiary alicyclic amines) is 1. The van der Waals surface area contributed by atoms with E-state index in [1.807, 2.05) is 35.9 Å². The summed E-state index contributed by atoms with van der Waals surface area (Å²) in [6.45, 7) is 3.35. The molecule has 0 radical (unpaired) electrons. The number of benzene rings is 3. The van der Waals surface area contributed by atoms with E-state index in [-0.39, 0.29) is 17.1 Å². The van der Waals surface area contributed by atoms with Crippen LogP contribution in [0.25, 0.3) is 5.76 Å². The predicted octanol–water partition coefficient (Wildman–Crippen LogP) is 4.99. The summed E-state index contributed by atoms with van der Waals surface area (Å²) in [6.07, 6.45) is 5.80. The van der Waals surface area contributed by atoms with E-state index >= 15 is 0 Å². The highest BCUT2D eigenvalue weighted by Crippen LogP contribution is 2.40. The molecule has 2 N–H and O–H groups in total. The van der Waals surface area contributed by atoms with Crippen LogP contribution in [-0.4, -0.2) is 42.9 Å². The molecule has 0 unspecified atom stereocenters. The minimum absolute atomic E-state index is 0.0155. The first kappa shape index (κ1) is 25.8. The van der Waals surface area contributed by atoms with E-state index in [9.17, 15) is 19.8 Å². The van der Waals surface area contributed by atoms with Crippen LogP contribution < -0.4 is 4.74 Å². The van der Waals surface area contributed by atoms with Gasteiger partial charge in [-0.25, -0.2) is 4.98 Å². The second kappa shape index (κ2) is 11.3. The monoisotopic (exact) mass is 523 g/mol. The van der Waals surface area contributed by atoms with Gasteiger partial charge in [0.05, 0.1) is 17.9 Å². The van der Waals surface area contributed by atoms with Crippen LogP contribution in [-0.2, 0) is 22.7 Å². The van der Waals surface area contributed by atoms with Crippen LogP contribution in [0.1, 0.15) is 34.7 Å². The average Bonchev–Trinajstić information content (AvgIpc) is 3.55. The lowest BCUT2D eigenvalue weighted by Crippen LogP contribution is -2.31. The van der Waals surface area contributed by atoms with E-state index in [1.54, 1.807) is 48.9 Å². The lowest BCUT2D eigenvalue weighted by Gasteiger charge is -2.25.